The Morgan fingerprint density at radius 1 is 0.917 bits per heavy atom. The standard InChI is InChI=1S/C38H49N5O5/c1-23-34(47-3)15-14-32(40-23)25-6-4-24(5-7-25)21-43(35-20-28(16-17-39-35)33-22-48-37(42-33)26-8-9-26)38(45)27-10-12-30(13-11-27)41-36(44)29-18-31(19-29)46-2/h14-17,20,22,24-27,29-31H,4-13,18-19,21H2,1-3H3,(H,41,44). The molecule has 0 aliphatic heterocycles. The van der Waals surface area contributed by atoms with Crippen LogP contribution < -0.4 is 15.0 Å². The largest absolute Gasteiger partial charge is 0.495 e. The fourth-order valence-corrected chi connectivity index (χ4v) is 7.87. The monoisotopic (exact) mass is 655 g/mol. The highest BCUT2D eigenvalue weighted by Crippen LogP contribution is 2.41. The van der Waals surface area contributed by atoms with Crippen LogP contribution in [0.25, 0.3) is 11.3 Å². The van der Waals surface area contributed by atoms with E-state index in [1.165, 1.54) is 0 Å². The van der Waals surface area contributed by atoms with E-state index in [2.05, 4.69) is 11.4 Å². The molecule has 7 rings (SSSR count). The number of rotatable bonds is 11. The van der Waals surface area contributed by atoms with Crippen molar-refractivity contribution < 1.29 is 23.5 Å². The topological polar surface area (TPSA) is 120 Å². The van der Waals surface area contributed by atoms with Crippen LogP contribution in [0.4, 0.5) is 5.82 Å². The molecule has 4 aliphatic carbocycles. The molecule has 0 unspecified atom stereocenters. The maximum atomic E-state index is 14.4. The lowest BCUT2D eigenvalue weighted by Crippen LogP contribution is -2.48. The molecule has 1 N–H and O–H groups in total. The van der Waals surface area contributed by atoms with Gasteiger partial charge in [-0.3, -0.25) is 19.5 Å². The molecule has 3 aromatic heterocycles. The minimum atomic E-state index is -0.0958. The van der Waals surface area contributed by atoms with Crippen LogP contribution in [-0.4, -0.2) is 59.7 Å². The van der Waals surface area contributed by atoms with Crippen LogP contribution in [-0.2, 0) is 14.3 Å². The van der Waals surface area contributed by atoms with E-state index in [4.69, 9.17) is 28.8 Å². The lowest BCUT2D eigenvalue weighted by Gasteiger charge is -2.37. The van der Waals surface area contributed by atoms with Crippen molar-refractivity contribution in [3.8, 4) is 17.0 Å². The maximum Gasteiger partial charge on any atom is 0.231 e. The van der Waals surface area contributed by atoms with Crippen molar-refractivity contribution in [2.75, 3.05) is 25.7 Å². The number of aryl methyl sites for hydroxylation is 1. The van der Waals surface area contributed by atoms with Gasteiger partial charge in [0.25, 0.3) is 0 Å². The molecule has 4 fully saturated rings. The van der Waals surface area contributed by atoms with Crippen molar-refractivity contribution in [3.05, 3.63) is 54.0 Å². The molecule has 10 heteroatoms. The smallest absolute Gasteiger partial charge is 0.231 e. The van der Waals surface area contributed by atoms with Crippen LogP contribution >= 0.6 is 0 Å². The Labute approximate surface area is 283 Å². The minimum absolute atomic E-state index is 0.0489. The number of ether oxygens (including phenoxy) is 2. The number of nitrogens with one attached hydrogen (secondary N) is 1. The SMILES string of the molecule is COc1ccc(C2CCC(CN(C(=O)C3CCC(NC(=O)C4CC(OC)C4)CC3)c3cc(-c4coc(C5CC5)n4)ccn3)CC2)nc1C. The lowest BCUT2D eigenvalue weighted by atomic mass is 9.79. The predicted molar refractivity (Wildman–Crippen MR) is 182 cm³/mol. The predicted octanol–water partition coefficient (Wildman–Crippen LogP) is 6.73. The fraction of sp³-hybridized carbons (Fsp3) is 0.605. The van der Waals surface area contributed by atoms with Gasteiger partial charge in [-0.15, -0.1) is 0 Å². The van der Waals surface area contributed by atoms with Gasteiger partial charge in [-0.2, -0.15) is 0 Å². The van der Waals surface area contributed by atoms with Gasteiger partial charge in [-0.05, 0) is 114 Å². The molecule has 4 aliphatic rings. The summed E-state index contributed by atoms with van der Waals surface area (Å²) in [6, 6.07) is 8.19. The van der Waals surface area contributed by atoms with Gasteiger partial charge in [0, 0.05) is 60.8 Å². The van der Waals surface area contributed by atoms with E-state index in [-0.39, 0.29) is 35.8 Å². The summed E-state index contributed by atoms with van der Waals surface area (Å²) in [5, 5.41) is 3.26. The number of amides is 2. The zero-order valence-electron chi connectivity index (χ0n) is 28.5. The molecule has 3 heterocycles. The van der Waals surface area contributed by atoms with Crippen molar-refractivity contribution in [1.82, 2.24) is 20.3 Å². The summed E-state index contributed by atoms with van der Waals surface area (Å²) in [5.74, 6) is 3.74. The van der Waals surface area contributed by atoms with Crippen molar-refractivity contribution in [2.45, 2.75) is 108 Å². The molecule has 0 radical (unpaired) electrons. The van der Waals surface area contributed by atoms with Crippen molar-refractivity contribution in [2.24, 2.45) is 17.8 Å². The van der Waals surface area contributed by atoms with E-state index >= 15 is 0 Å². The number of oxazole rings is 1. The van der Waals surface area contributed by atoms with Crippen LogP contribution in [0.15, 0.2) is 41.1 Å². The third-order valence-corrected chi connectivity index (χ3v) is 11.2. The summed E-state index contributed by atoms with van der Waals surface area (Å²) in [6.07, 6.45) is 14.8. The van der Waals surface area contributed by atoms with Crippen molar-refractivity contribution in [3.63, 3.8) is 0 Å². The first-order valence-corrected chi connectivity index (χ1v) is 18.0. The van der Waals surface area contributed by atoms with Gasteiger partial charge in [0.2, 0.25) is 11.8 Å². The molecule has 10 nitrogen and oxygen atoms in total. The number of nitrogens with zero attached hydrogens (tertiary/aromatic N) is 4. The number of hydrogen-bond donors (Lipinski definition) is 1. The first-order chi connectivity index (χ1) is 23.4. The third kappa shape index (κ3) is 7.28. The Balaban J connectivity index is 1.03. The molecule has 0 atom stereocenters. The lowest BCUT2D eigenvalue weighted by molar-refractivity contribution is -0.133. The van der Waals surface area contributed by atoms with E-state index in [9.17, 15) is 9.59 Å². The molecule has 4 saturated carbocycles. The minimum Gasteiger partial charge on any atom is -0.495 e. The van der Waals surface area contributed by atoms with Crippen molar-refractivity contribution in [1.29, 1.82) is 0 Å². The molecule has 0 bridgehead atoms. The summed E-state index contributed by atoms with van der Waals surface area (Å²) in [5.41, 5.74) is 3.76. The van der Waals surface area contributed by atoms with Gasteiger partial charge in [0.05, 0.1) is 18.9 Å². The molecule has 2 amide bonds. The Kier molecular flexibility index (Phi) is 9.80. The van der Waals surface area contributed by atoms with Gasteiger partial charge in [-0.1, -0.05) is 0 Å². The highest BCUT2D eigenvalue weighted by Gasteiger charge is 2.38. The van der Waals surface area contributed by atoms with Crippen LogP contribution in [0.5, 0.6) is 5.75 Å². The number of anilines is 1. The van der Waals surface area contributed by atoms with E-state index in [0.717, 1.165) is 111 Å². The highest BCUT2D eigenvalue weighted by molar-refractivity contribution is 5.94. The van der Waals surface area contributed by atoms with E-state index in [1.54, 1.807) is 26.7 Å². The average molecular weight is 656 g/mol. The molecule has 0 aromatic carbocycles. The zero-order valence-corrected chi connectivity index (χ0v) is 28.5. The summed E-state index contributed by atoms with van der Waals surface area (Å²) >= 11 is 0. The van der Waals surface area contributed by atoms with E-state index < -0.39 is 0 Å². The molecule has 3 aromatic rings. The molecule has 0 saturated heterocycles. The second-order valence-corrected chi connectivity index (χ2v) is 14.5. The number of methoxy groups -OCH3 is 2. The molecule has 0 spiro atoms. The maximum absolute atomic E-state index is 14.4. The van der Waals surface area contributed by atoms with Crippen LogP contribution in [0, 0.1) is 24.7 Å². The second-order valence-electron chi connectivity index (χ2n) is 14.5. The second kappa shape index (κ2) is 14.4. The average Bonchev–Trinajstić information content (AvgIpc) is 3.82. The summed E-state index contributed by atoms with van der Waals surface area (Å²) in [4.78, 5) is 43.5. The number of aromatic nitrogens is 3. The molecular formula is C38H49N5O5. The fourth-order valence-electron chi connectivity index (χ4n) is 7.87. The van der Waals surface area contributed by atoms with E-state index in [1.807, 2.05) is 30.0 Å². The Morgan fingerprint density at radius 3 is 2.35 bits per heavy atom. The first-order valence-electron chi connectivity index (χ1n) is 18.0. The van der Waals surface area contributed by atoms with Crippen molar-refractivity contribution >= 4 is 17.6 Å². The van der Waals surface area contributed by atoms with Gasteiger partial charge < -0.3 is 19.2 Å². The summed E-state index contributed by atoms with van der Waals surface area (Å²) in [6.45, 7) is 2.64. The summed E-state index contributed by atoms with van der Waals surface area (Å²) in [7, 11) is 3.39. The molecule has 256 valence electrons. The number of pyridine rings is 2. The van der Waals surface area contributed by atoms with Crippen LogP contribution in [0.2, 0.25) is 0 Å². The van der Waals surface area contributed by atoms with Gasteiger partial charge in [0.1, 0.15) is 23.5 Å². The Bertz CT molecular complexity index is 1580. The van der Waals surface area contributed by atoms with Crippen LogP contribution in [0.1, 0.15) is 106 Å². The highest BCUT2D eigenvalue weighted by atomic mass is 16.5. The zero-order chi connectivity index (χ0) is 33.2. The third-order valence-electron chi connectivity index (χ3n) is 11.2. The molecular weight excluding hydrogens is 606 g/mol. The normalized spacial score (nSPS) is 27.1. The number of carbonyl (C=O) groups excluding carboxylic acids is 2. The first kappa shape index (κ1) is 32.7. The van der Waals surface area contributed by atoms with E-state index in [0.29, 0.717) is 30.1 Å². The number of hydrogen-bond acceptors (Lipinski definition) is 8. The van der Waals surface area contributed by atoms with Gasteiger partial charge in [0.15, 0.2) is 5.89 Å². The quantitative estimate of drug-likeness (QED) is 0.242. The Hall–Kier alpha value is -3.79. The van der Waals surface area contributed by atoms with Gasteiger partial charge >= 0.3 is 0 Å². The van der Waals surface area contributed by atoms with Gasteiger partial charge in [-0.25, -0.2) is 9.97 Å². The Morgan fingerprint density at radius 2 is 1.67 bits per heavy atom. The molecule has 48 heavy (non-hydrogen) atoms. The summed E-state index contributed by atoms with van der Waals surface area (Å²) < 4.78 is 16.6. The van der Waals surface area contributed by atoms with Crippen LogP contribution in [0.3, 0.4) is 0 Å². The number of carbonyl (C=O) groups is 2.